The number of nitrogens with one attached hydrogen (secondary N) is 1. The molecule has 1 saturated carbocycles. The third-order valence-electron chi connectivity index (χ3n) is 8.05. The van der Waals surface area contributed by atoms with Gasteiger partial charge in [0.2, 0.25) is 21.8 Å². The molecular weight excluding hydrogens is 627 g/mol. The summed E-state index contributed by atoms with van der Waals surface area (Å²) in [5.41, 5.74) is 0.766. The zero-order chi connectivity index (χ0) is 32.8. The summed E-state index contributed by atoms with van der Waals surface area (Å²) < 4.78 is 67.4. The van der Waals surface area contributed by atoms with Gasteiger partial charge in [0.25, 0.3) is 0 Å². The molecule has 0 aromatic heterocycles. The molecule has 1 aliphatic rings. The number of halogens is 4. The van der Waals surface area contributed by atoms with E-state index in [0.717, 1.165) is 67.2 Å². The van der Waals surface area contributed by atoms with E-state index in [1.54, 1.807) is 6.07 Å². The summed E-state index contributed by atoms with van der Waals surface area (Å²) in [6.07, 6.45) is 0.803. The van der Waals surface area contributed by atoms with E-state index in [1.165, 1.54) is 4.90 Å². The Labute approximate surface area is 267 Å². The van der Waals surface area contributed by atoms with Crippen LogP contribution in [0.4, 0.5) is 18.9 Å². The Bertz CT molecular complexity index is 1600. The van der Waals surface area contributed by atoms with E-state index < -0.39 is 45.9 Å². The highest BCUT2D eigenvalue weighted by atomic mass is 35.5. The second-order valence-electron chi connectivity index (χ2n) is 11.4. The third-order valence-corrected chi connectivity index (χ3v) is 9.49. The van der Waals surface area contributed by atoms with Gasteiger partial charge in [0.15, 0.2) is 0 Å². The molecule has 2 amide bonds. The van der Waals surface area contributed by atoms with Gasteiger partial charge < -0.3 is 10.2 Å². The van der Waals surface area contributed by atoms with Crippen molar-refractivity contribution in [2.45, 2.75) is 70.3 Å². The molecule has 1 N–H and O–H groups in total. The van der Waals surface area contributed by atoms with E-state index >= 15 is 0 Å². The van der Waals surface area contributed by atoms with Crippen molar-refractivity contribution in [3.8, 4) is 0 Å². The van der Waals surface area contributed by atoms with E-state index in [1.807, 2.05) is 55.5 Å². The van der Waals surface area contributed by atoms with Crippen molar-refractivity contribution in [3.05, 3.63) is 100 Å². The first-order valence-corrected chi connectivity index (χ1v) is 17.0. The first-order chi connectivity index (χ1) is 21.2. The van der Waals surface area contributed by atoms with Gasteiger partial charge >= 0.3 is 6.18 Å². The largest absolute Gasteiger partial charge is 0.416 e. The number of benzene rings is 3. The van der Waals surface area contributed by atoms with Crippen molar-refractivity contribution < 1.29 is 31.2 Å². The van der Waals surface area contributed by atoms with Crippen molar-refractivity contribution in [1.29, 1.82) is 0 Å². The number of carbonyl (C=O) groups is 2. The quantitative estimate of drug-likeness (QED) is 0.253. The van der Waals surface area contributed by atoms with Crippen LogP contribution in [0.3, 0.4) is 0 Å². The Morgan fingerprint density at radius 2 is 1.62 bits per heavy atom. The minimum Gasteiger partial charge on any atom is -0.352 e. The normalized spacial score (nSPS) is 14.9. The first-order valence-electron chi connectivity index (χ1n) is 14.8. The summed E-state index contributed by atoms with van der Waals surface area (Å²) in [4.78, 5) is 29.6. The molecule has 1 fully saturated rings. The van der Waals surface area contributed by atoms with E-state index in [2.05, 4.69) is 5.32 Å². The lowest BCUT2D eigenvalue weighted by Crippen LogP contribution is -2.55. The van der Waals surface area contributed by atoms with Crippen LogP contribution < -0.4 is 9.62 Å². The van der Waals surface area contributed by atoms with Crippen LogP contribution in [0.1, 0.15) is 54.4 Å². The number of rotatable bonds is 11. The van der Waals surface area contributed by atoms with Crippen molar-refractivity contribution in [2.75, 3.05) is 17.1 Å². The van der Waals surface area contributed by atoms with Crippen LogP contribution in [0.2, 0.25) is 5.02 Å². The first kappa shape index (κ1) is 34.3. The summed E-state index contributed by atoms with van der Waals surface area (Å²) in [5.74, 6) is -1.15. The predicted octanol–water partition coefficient (Wildman–Crippen LogP) is 6.52. The molecule has 0 aliphatic heterocycles. The Morgan fingerprint density at radius 1 is 0.978 bits per heavy atom. The minimum absolute atomic E-state index is 0.0327. The molecule has 0 saturated heterocycles. The second kappa shape index (κ2) is 14.7. The molecule has 12 heteroatoms. The SMILES string of the molecule is Cc1ccccc1CN(C(=O)CN(c1cc(C(F)(F)F)ccc1Cl)S(C)(=O)=O)[C@H](Cc1ccccc1)C(=O)NC1CCCCC1. The standard InChI is InChI=1S/C33H37ClF3N3O4S/c1-23-11-9-10-14-25(23)21-39(30(19-24-12-5-3-6-13-24)32(42)38-27-15-7-4-8-16-27)31(41)22-40(45(2,43)44)29-20-26(33(35,36)37)17-18-28(29)34/h3,5-6,9-14,17-18,20,27,30H,4,7-8,15-16,19,21-22H2,1-2H3,(H,38,42)/t30-/m1/s1. The van der Waals surface area contributed by atoms with Crippen molar-refractivity contribution in [2.24, 2.45) is 0 Å². The van der Waals surface area contributed by atoms with Crippen molar-refractivity contribution in [3.63, 3.8) is 0 Å². The molecule has 0 unspecified atom stereocenters. The smallest absolute Gasteiger partial charge is 0.352 e. The van der Waals surface area contributed by atoms with Crippen LogP contribution >= 0.6 is 11.6 Å². The number of hydrogen-bond acceptors (Lipinski definition) is 4. The van der Waals surface area contributed by atoms with Crippen LogP contribution in [-0.4, -0.2) is 50.0 Å². The zero-order valence-electron chi connectivity index (χ0n) is 25.2. The number of anilines is 1. The molecule has 3 aromatic rings. The molecule has 4 rings (SSSR count). The molecule has 242 valence electrons. The topological polar surface area (TPSA) is 86.8 Å². The van der Waals surface area contributed by atoms with E-state index in [-0.39, 0.29) is 29.9 Å². The Kier molecular flexibility index (Phi) is 11.2. The average molecular weight is 664 g/mol. The number of hydrogen-bond donors (Lipinski definition) is 1. The van der Waals surface area contributed by atoms with Gasteiger partial charge in [0.1, 0.15) is 12.6 Å². The lowest BCUT2D eigenvalue weighted by Gasteiger charge is -2.35. The number of sulfonamides is 1. The van der Waals surface area contributed by atoms with Gasteiger partial charge in [-0.25, -0.2) is 8.42 Å². The third kappa shape index (κ3) is 9.23. The van der Waals surface area contributed by atoms with Gasteiger partial charge in [-0.2, -0.15) is 13.2 Å². The van der Waals surface area contributed by atoms with Gasteiger partial charge in [-0.05, 0) is 54.7 Å². The van der Waals surface area contributed by atoms with E-state index in [0.29, 0.717) is 10.4 Å². The van der Waals surface area contributed by atoms with Crippen LogP contribution in [-0.2, 0) is 38.8 Å². The molecule has 0 radical (unpaired) electrons. The summed E-state index contributed by atoms with van der Waals surface area (Å²) in [7, 11) is -4.31. The van der Waals surface area contributed by atoms with Gasteiger partial charge in [-0.3, -0.25) is 13.9 Å². The highest BCUT2D eigenvalue weighted by Gasteiger charge is 2.36. The molecule has 0 heterocycles. The Hall–Kier alpha value is -3.57. The second-order valence-corrected chi connectivity index (χ2v) is 13.7. The van der Waals surface area contributed by atoms with Crippen LogP contribution in [0.15, 0.2) is 72.8 Å². The Morgan fingerprint density at radius 3 is 2.24 bits per heavy atom. The van der Waals surface area contributed by atoms with Crippen LogP contribution in [0.5, 0.6) is 0 Å². The Balaban J connectivity index is 1.77. The molecule has 3 aromatic carbocycles. The van der Waals surface area contributed by atoms with Gasteiger partial charge in [-0.1, -0.05) is 85.5 Å². The maximum atomic E-state index is 14.3. The molecule has 1 atom stereocenters. The summed E-state index contributed by atoms with van der Waals surface area (Å²) in [6.45, 7) is 0.959. The van der Waals surface area contributed by atoms with Gasteiger partial charge in [0, 0.05) is 19.0 Å². The summed E-state index contributed by atoms with van der Waals surface area (Å²) in [5, 5.41) is 2.84. The van der Waals surface area contributed by atoms with Gasteiger partial charge in [0.05, 0.1) is 22.5 Å². The predicted molar refractivity (Wildman–Crippen MR) is 169 cm³/mol. The molecule has 45 heavy (non-hydrogen) atoms. The molecule has 0 spiro atoms. The van der Waals surface area contributed by atoms with Crippen molar-refractivity contribution >= 4 is 39.1 Å². The van der Waals surface area contributed by atoms with Gasteiger partial charge in [-0.15, -0.1) is 0 Å². The molecule has 7 nitrogen and oxygen atoms in total. The number of alkyl halides is 3. The number of aryl methyl sites for hydroxylation is 1. The minimum atomic E-state index is -4.78. The summed E-state index contributed by atoms with van der Waals surface area (Å²) in [6, 6.07) is 17.6. The molecular formula is C33H37ClF3N3O4S. The fraction of sp³-hybridized carbons (Fsp3) is 0.394. The maximum absolute atomic E-state index is 14.3. The molecule has 1 aliphatic carbocycles. The van der Waals surface area contributed by atoms with Crippen LogP contribution in [0.25, 0.3) is 0 Å². The van der Waals surface area contributed by atoms with Crippen LogP contribution in [0, 0.1) is 6.92 Å². The highest BCUT2D eigenvalue weighted by molar-refractivity contribution is 7.92. The maximum Gasteiger partial charge on any atom is 0.416 e. The number of amides is 2. The monoisotopic (exact) mass is 663 g/mol. The number of carbonyl (C=O) groups excluding carboxylic acids is 2. The fourth-order valence-corrected chi connectivity index (χ4v) is 6.67. The fourth-order valence-electron chi connectivity index (χ4n) is 5.54. The zero-order valence-corrected chi connectivity index (χ0v) is 26.8. The van der Waals surface area contributed by atoms with Crippen molar-refractivity contribution in [1.82, 2.24) is 10.2 Å². The lowest BCUT2D eigenvalue weighted by molar-refractivity contribution is -0.140. The number of nitrogens with zero attached hydrogens (tertiary/aromatic N) is 2. The van der Waals surface area contributed by atoms with E-state index in [4.69, 9.17) is 11.6 Å². The van der Waals surface area contributed by atoms with E-state index in [9.17, 15) is 31.2 Å². The molecule has 0 bridgehead atoms. The lowest BCUT2D eigenvalue weighted by atomic mass is 9.94. The average Bonchev–Trinajstić information content (AvgIpc) is 2.98. The highest BCUT2D eigenvalue weighted by Crippen LogP contribution is 2.36. The summed E-state index contributed by atoms with van der Waals surface area (Å²) >= 11 is 6.23.